The van der Waals surface area contributed by atoms with E-state index >= 15 is 0 Å². The normalized spacial score (nSPS) is 16.2. The maximum atomic E-state index is 11.1. The quantitative estimate of drug-likeness (QED) is 0.745. The van der Waals surface area contributed by atoms with Gasteiger partial charge in [-0.25, -0.2) is 0 Å². The van der Waals surface area contributed by atoms with Gasteiger partial charge < -0.3 is 16.0 Å². The van der Waals surface area contributed by atoms with Gasteiger partial charge >= 0.3 is 0 Å². The van der Waals surface area contributed by atoms with Crippen molar-refractivity contribution < 1.29 is 4.79 Å². The number of nitrogens with one attached hydrogen (secondary N) is 1. The van der Waals surface area contributed by atoms with Crippen LogP contribution in [0.5, 0.6) is 0 Å². The monoisotopic (exact) mass is 275 g/mol. The van der Waals surface area contributed by atoms with Crippen LogP contribution >= 0.6 is 0 Å². The number of primary amides is 1. The van der Waals surface area contributed by atoms with Gasteiger partial charge in [-0.05, 0) is 63.1 Å². The molecule has 0 spiro atoms. The van der Waals surface area contributed by atoms with Crippen molar-refractivity contribution in [2.75, 3.05) is 26.2 Å². The minimum atomic E-state index is -0.364. The molecule has 1 aromatic rings. The van der Waals surface area contributed by atoms with Crippen molar-refractivity contribution in [2.24, 2.45) is 5.73 Å². The molecule has 3 N–H and O–H groups in total. The zero-order valence-corrected chi connectivity index (χ0v) is 12.1. The largest absolute Gasteiger partial charge is 0.366 e. The molecule has 1 amide bonds. The summed E-state index contributed by atoms with van der Waals surface area (Å²) in [4.78, 5) is 13.7. The van der Waals surface area contributed by atoms with Crippen molar-refractivity contribution in [1.29, 1.82) is 0 Å². The summed E-state index contributed by atoms with van der Waals surface area (Å²) < 4.78 is 0. The average molecular weight is 275 g/mol. The van der Waals surface area contributed by atoms with Gasteiger partial charge in [0, 0.05) is 12.1 Å². The summed E-state index contributed by atoms with van der Waals surface area (Å²) in [6.07, 6.45) is 5.28. The van der Waals surface area contributed by atoms with Crippen LogP contribution in [0.25, 0.3) is 0 Å². The first-order valence-electron chi connectivity index (χ1n) is 7.57. The molecule has 110 valence electrons. The Hall–Kier alpha value is -1.39. The van der Waals surface area contributed by atoms with E-state index < -0.39 is 0 Å². The molecule has 4 nitrogen and oxygen atoms in total. The maximum Gasteiger partial charge on any atom is 0.248 e. The Bertz CT molecular complexity index is 427. The van der Waals surface area contributed by atoms with Crippen molar-refractivity contribution in [3.05, 3.63) is 35.4 Å². The zero-order valence-electron chi connectivity index (χ0n) is 12.1. The summed E-state index contributed by atoms with van der Waals surface area (Å²) in [5.74, 6) is -0.364. The lowest BCUT2D eigenvalue weighted by Gasteiger charge is -2.26. The number of amides is 1. The third kappa shape index (κ3) is 4.94. The Morgan fingerprint density at radius 3 is 2.80 bits per heavy atom. The van der Waals surface area contributed by atoms with Crippen LogP contribution < -0.4 is 11.1 Å². The molecule has 0 unspecified atom stereocenters. The number of hydrogen-bond acceptors (Lipinski definition) is 3. The fourth-order valence-corrected chi connectivity index (χ4v) is 2.68. The molecular formula is C16H25N3O. The highest BCUT2D eigenvalue weighted by molar-refractivity contribution is 5.92. The molecule has 1 aromatic carbocycles. The molecule has 20 heavy (non-hydrogen) atoms. The number of likely N-dealkylation sites (tertiary alicyclic amines) is 1. The van der Waals surface area contributed by atoms with Gasteiger partial charge in [0.05, 0.1) is 0 Å². The summed E-state index contributed by atoms with van der Waals surface area (Å²) in [5.41, 5.74) is 6.97. The van der Waals surface area contributed by atoms with Gasteiger partial charge in [0.2, 0.25) is 5.91 Å². The molecule has 0 radical (unpaired) electrons. The number of nitrogens with zero attached hydrogens (tertiary/aromatic N) is 1. The fraction of sp³-hybridized carbons (Fsp3) is 0.562. The Kier molecular flexibility index (Phi) is 6.02. The molecular weight excluding hydrogens is 250 g/mol. The maximum absolute atomic E-state index is 11.1. The Morgan fingerprint density at radius 2 is 2.05 bits per heavy atom. The van der Waals surface area contributed by atoms with E-state index in [9.17, 15) is 4.79 Å². The first-order valence-corrected chi connectivity index (χ1v) is 7.57. The van der Waals surface area contributed by atoms with Crippen molar-refractivity contribution in [1.82, 2.24) is 10.2 Å². The van der Waals surface area contributed by atoms with Gasteiger partial charge in [-0.2, -0.15) is 0 Å². The molecule has 1 aliphatic heterocycles. The van der Waals surface area contributed by atoms with E-state index in [1.54, 1.807) is 6.07 Å². The molecule has 0 bridgehead atoms. The Morgan fingerprint density at radius 1 is 1.25 bits per heavy atom. The summed E-state index contributed by atoms with van der Waals surface area (Å²) in [7, 11) is 0. The molecule has 0 saturated carbocycles. The predicted octanol–water partition coefficient (Wildman–Crippen LogP) is 1.75. The van der Waals surface area contributed by atoms with Crippen LogP contribution in [0, 0.1) is 0 Å². The molecule has 2 rings (SSSR count). The number of rotatable bonds is 7. The molecule has 0 aliphatic carbocycles. The van der Waals surface area contributed by atoms with Crippen LogP contribution in [0.4, 0.5) is 0 Å². The first kappa shape index (κ1) is 15.0. The lowest BCUT2D eigenvalue weighted by molar-refractivity contribution is 0.1000. The SMILES string of the molecule is NC(=O)c1cccc(CNCCCN2CCCCC2)c1. The van der Waals surface area contributed by atoms with Crippen LogP contribution in [0.15, 0.2) is 24.3 Å². The van der Waals surface area contributed by atoms with E-state index in [1.165, 1.54) is 45.3 Å². The predicted molar refractivity (Wildman–Crippen MR) is 81.6 cm³/mol. The van der Waals surface area contributed by atoms with Gasteiger partial charge in [0.1, 0.15) is 0 Å². The number of nitrogens with two attached hydrogens (primary N) is 1. The lowest BCUT2D eigenvalue weighted by Crippen LogP contribution is -2.32. The standard InChI is InChI=1S/C16H25N3O/c17-16(20)15-7-4-6-14(12-15)13-18-8-5-11-19-9-2-1-3-10-19/h4,6-7,12,18H,1-3,5,8-11,13H2,(H2,17,20). The Balaban J connectivity index is 1.63. The number of carbonyl (C=O) groups excluding carboxylic acids is 1. The van der Waals surface area contributed by atoms with Gasteiger partial charge in [-0.3, -0.25) is 4.79 Å². The smallest absolute Gasteiger partial charge is 0.248 e. The Labute approximate surface area is 121 Å². The molecule has 1 heterocycles. The van der Waals surface area contributed by atoms with E-state index in [2.05, 4.69) is 10.2 Å². The van der Waals surface area contributed by atoms with E-state index in [1.807, 2.05) is 18.2 Å². The lowest BCUT2D eigenvalue weighted by atomic mass is 10.1. The van der Waals surface area contributed by atoms with Gasteiger partial charge in [-0.15, -0.1) is 0 Å². The van der Waals surface area contributed by atoms with Crippen LogP contribution in [0.3, 0.4) is 0 Å². The third-order valence-electron chi connectivity index (χ3n) is 3.82. The highest BCUT2D eigenvalue weighted by Gasteiger charge is 2.08. The van der Waals surface area contributed by atoms with Crippen molar-refractivity contribution in [2.45, 2.75) is 32.2 Å². The van der Waals surface area contributed by atoms with E-state index in [0.717, 1.165) is 18.7 Å². The van der Waals surface area contributed by atoms with Crippen molar-refractivity contribution in [3.63, 3.8) is 0 Å². The number of piperidine rings is 1. The van der Waals surface area contributed by atoms with E-state index in [-0.39, 0.29) is 5.91 Å². The topological polar surface area (TPSA) is 58.4 Å². The second kappa shape index (κ2) is 8.02. The number of hydrogen-bond donors (Lipinski definition) is 2. The molecule has 1 saturated heterocycles. The summed E-state index contributed by atoms with van der Waals surface area (Å²) in [6, 6.07) is 7.51. The second-order valence-corrected chi connectivity index (χ2v) is 5.50. The molecule has 0 atom stereocenters. The molecule has 0 aromatic heterocycles. The minimum Gasteiger partial charge on any atom is -0.366 e. The molecule has 1 aliphatic rings. The highest BCUT2D eigenvalue weighted by Crippen LogP contribution is 2.08. The van der Waals surface area contributed by atoms with E-state index in [4.69, 9.17) is 5.73 Å². The van der Waals surface area contributed by atoms with Gasteiger partial charge in [0.15, 0.2) is 0 Å². The minimum absolute atomic E-state index is 0.364. The highest BCUT2D eigenvalue weighted by atomic mass is 16.1. The summed E-state index contributed by atoms with van der Waals surface area (Å²) in [5, 5.41) is 3.43. The van der Waals surface area contributed by atoms with Crippen LogP contribution in [-0.2, 0) is 6.54 Å². The second-order valence-electron chi connectivity index (χ2n) is 5.50. The van der Waals surface area contributed by atoms with Crippen molar-refractivity contribution >= 4 is 5.91 Å². The van der Waals surface area contributed by atoms with Crippen LogP contribution in [0.1, 0.15) is 41.6 Å². The molecule has 1 fully saturated rings. The van der Waals surface area contributed by atoms with Gasteiger partial charge in [0.25, 0.3) is 0 Å². The van der Waals surface area contributed by atoms with Gasteiger partial charge in [-0.1, -0.05) is 18.6 Å². The fourth-order valence-electron chi connectivity index (χ4n) is 2.68. The average Bonchev–Trinajstić information content (AvgIpc) is 2.48. The van der Waals surface area contributed by atoms with Crippen LogP contribution in [-0.4, -0.2) is 37.0 Å². The van der Waals surface area contributed by atoms with Crippen molar-refractivity contribution in [3.8, 4) is 0 Å². The number of carbonyl (C=O) groups is 1. The molecule has 4 heteroatoms. The van der Waals surface area contributed by atoms with E-state index in [0.29, 0.717) is 5.56 Å². The zero-order chi connectivity index (χ0) is 14.2. The number of benzene rings is 1. The summed E-state index contributed by atoms with van der Waals surface area (Å²) >= 11 is 0. The third-order valence-corrected chi connectivity index (χ3v) is 3.82. The first-order chi connectivity index (χ1) is 9.75. The van der Waals surface area contributed by atoms with Crippen LogP contribution in [0.2, 0.25) is 0 Å². The summed E-state index contributed by atoms with van der Waals surface area (Å²) in [6.45, 7) is 5.52.